The molecular formula is C13H24N4O2S. The lowest BCUT2D eigenvalue weighted by atomic mass is 10.0. The number of nitrogens with zero attached hydrogens (tertiary/aromatic N) is 3. The molecule has 1 fully saturated rings. The van der Waals surface area contributed by atoms with Crippen molar-refractivity contribution in [3.8, 4) is 0 Å². The molecular weight excluding hydrogens is 276 g/mol. The van der Waals surface area contributed by atoms with E-state index in [1.54, 1.807) is 15.2 Å². The van der Waals surface area contributed by atoms with Crippen molar-refractivity contribution in [2.24, 2.45) is 5.92 Å². The molecule has 114 valence electrons. The van der Waals surface area contributed by atoms with E-state index in [1.807, 2.05) is 6.92 Å². The first kappa shape index (κ1) is 15.3. The molecule has 1 aliphatic rings. The number of sulfonamides is 1. The van der Waals surface area contributed by atoms with E-state index in [-0.39, 0.29) is 16.8 Å². The summed E-state index contributed by atoms with van der Waals surface area (Å²) in [6.07, 6.45) is 4.27. The van der Waals surface area contributed by atoms with E-state index in [1.165, 1.54) is 0 Å². The largest absolute Gasteiger partial charge is 0.381 e. The number of aryl methyl sites for hydroxylation is 1. The average molecular weight is 300 g/mol. The van der Waals surface area contributed by atoms with Crippen molar-refractivity contribution in [2.45, 2.75) is 57.5 Å². The van der Waals surface area contributed by atoms with Gasteiger partial charge in [0.15, 0.2) is 5.82 Å². The molecule has 2 N–H and O–H groups in total. The van der Waals surface area contributed by atoms with Crippen molar-refractivity contribution in [1.82, 2.24) is 14.1 Å². The zero-order chi connectivity index (χ0) is 14.9. The van der Waals surface area contributed by atoms with Crippen LogP contribution in [-0.2, 0) is 16.6 Å². The molecule has 0 aromatic carbocycles. The lowest BCUT2D eigenvalue weighted by Gasteiger charge is -2.26. The van der Waals surface area contributed by atoms with Gasteiger partial charge in [-0.05, 0) is 25.2 Å². The van der Waals surface area contributed by atoms with Crippen molar-refractivity contribution < 1.29 is 8.42 Å². The van der Waals surface area contributed by atoms with Crippen LogP contribution in [0.3, 0.4) is 0 Å². The maximum atomic E-state index is 12.8. The Hall–Kier alpha value is -1.08. The Kier molecular flexibility index (Phi) is 4.39. The summed E-state index contributed by atoms with van der Waals surface area (Å²) in [4.78, 5) is 0.151. The first-order chi connectivity index (χ1) is 9.37. The molecule has 1 saturated heterocycles. The SMILES string of the molecule is CCCn1cc(S(=O)(=O)N2CCCC2C(C)C)c(N)n1. The van der Waals surface area contributed by atoms with Gasteiger partial charge in [0.2, 0.25) is 10.0 Å². The van der Waals surface area contributed by atoms with Gasteiger partial charge < -0.3 is 5.73 Å². The maximum absolute atomic E-state index is 12.8. The van der Waals surface area contributed by atoms with Crippen LogP contribution in [0.15, 0.2) is 11.1 Å². The van der Waals surface area contributed by atoms with Gasteiger partial charge in [-0.2, -0.15) is 9.40 Å². The lowest BCUT2D eigenvalue weighted by Crippen LogP contribution is -2.38. The lowest BCUT2D eigenvalue weighted by molar-refractivity contribution is 0.316. The highest BCUT2D eigenvalue weighted by Gasteiger charge is 2.38. The summed E-state index contributed by atoms with van der Waals surface area (Å²) >= 11 is 0. The summed E-state index contributed by atoms with van der Waals surface area (Å²) in [7, 11) is -3.54. The van der Waals surface area contributed by atoms with Gasteiger partial charge in [-0.1, -0.05) is 20.8 Å². The van der Waals surface area contributed by atoms with Crippen LogP contribution in [0.1, 0.15) is 40.0 Å². The van der Waals surface area contributed by atoms with Gasteiger partial charge in [0, 0.05) is 25.3 Å². The molecule has 1 unspecified atom stereocenters. The van der Waals surface area contributed by atoms with E-state index in [9.17, 15) is 8.42 Å². The number of nitrogens with two attached hydrogens (primary N) is 1. The number of hydrogen-bond donors (Lipinski definition) is 1. The monoisotopic (exact) mass is 300 g/mol. The number of nitrogen functional groups attached to an aromatic ring is 1. The fourth-order valence-electron chi connectivity index (χ4n) is 2.82. The Morgan fingerprint density at radius 1 is 1.50 bits per heavy atom. The molecule has 0 saturated carbocycles. The summed E-state index contributed by atoms with van der Waals surface area (Å²) in [5.41, 5.74) is 5.81. The Morgan fingerprint density at radius 3 is 2.80 bits per heavy atom. The smallest absolute Gasteiger partial charge is 0.248 e. The zero-order valence-corrected chi connectivity index (χ0v) is 13.2. The summed E-state index contributed by atoms with van der Waals surface area (Å²) in [6.45, 7) is 7.38. The van der Waals surface area contributed by atoms with E-state index >= 15 is 0 Å². The fourth-order valence-corrected chi connectivity index (χ4v) is 4.70. The summed E-state index contributed by atoms with van der Waals surface area (Å²) in [6, 6.07) is 0.0638. The maximum Gasteiger partial charge on any atom is 0.248 e. The second kappa shape index (κ2) is 5.73. The molecule has 1 aliphatic heterocycles. The fraction of sp³-hybridized carbons (Fsp3) is 0.769. The standard InChI is InChI=1S/C13H24N4O2S/c1-4-7-16-9-12(13(14)15-16)20(18,19)17-8-5-6-11(17)10(2)3/h9-11H,4-8H2,1-3H3,(H2,14,15). The minimum Gasteiger partial charge on any atom is -0.381 e. The molecule has 0 aliphatic carbocycles. The zero-order valence-electron chi connectivity index (χ0n) is 12.4. The number of hydrogen-bond acceptors (Lipinski definition) is 4. The molecule has 2 rings (SSSR count). The molecule has 0 radical (unpaired) electrons. The highest BCUT2D eigenvalue weighted by atomic mass is 32.2. The van der Waals surface area contributed by atoms with Crippen molar-refractivity contribution in [3.05, 3.63) is 6.20 Å². The molecule has 2 heterocycles. The van der Waals surface area contributed by atoms with Crippen LogP contribution in [0.5, 0.6) is 0 Å². The highest BCUT2D eigenvalue weighted by Crippen LogP contribution is 2.31. The summed E-state index contributed by atoms with van der Waals surface area (Å²) in [5, 5.41) is 4.10. The average Bonchev–Trinajstić information content (AvgIpc) is 2.96. The number of aromatic nitrogens is 2. The first-order valence-corrected chi connectivity index (χ1v) is 8.66. The van der Waals surface area contributed by atoms with Crippen LogP contribution >= 0.6 is 0 Å². The second-order valence-corrected chi connectivity index (χ2v) is 7.57. The van der Waals surface area contributed by atoms with Crippen molar-refractivity contribution in [1.29, 1.82) is 0 Å². The minimum absolute atomic E-state index is 0.0638. The molecule has 0 amide bonds. The van der Waals surface area contributed by atoms with Gasteiger partial charge in [-0.15, -0.1) is 0 Å². The molecule has 7 heteroatoms. The number of rotatable bonds is 5. The molecule has 1 atom stereocenters. The first-order valence-electron chi connectivity index (χ1n) is 7.22. The third kappa shape index (κ3) is 2.69. The molecule has 0 spiro atoms. The summed E-state index contributed by atoms with van der Waals surface area (Å²) in [5.74, 6) is 0.409. The predicted molar refractivity (Wildman–Crippen MR) is 78.7 cm³/mol. The third-order valence-electron chi connectivity index (χ3n) is 3.81. The highest BCUT2D eigenvalue weighted by molar-refractivity contribution is 7.89. The van der Waals surface area contributed by atoms with Crippen LogP contribution in [0.4, 0.5) is 5.82 Å². The summed E-state index contributed by atoms with van der Waals surface area (Å²) < 4.78 is 28.8. The van der Waals surface area contributed by atoms with Gasteiger partial charge in [-0.25, -0.2) is 8.42 Å². The predicted octanol–water partition coefficient (Wildman–Crippen LogP) is 1.68. The van der Waals surface area contributed by atoms with Gasteiger partial charge >= 0.3 is 0 Å². The van der Waals surface area contributed by atoms with E-state index in [0.29, 0.717) is 19.0 Å². The van der Waals surface area contributed by atoms with Gasteiger partial charge in [0.25, 0.3) is 0 Å². The Bertz CT molecular complexity index is 565. The minimum atomic E-state index is -3.54. The van der Waals surface area contributed by atoms with Gasteiger partial charge in [-0.3, -0.25) is 4.68 Å². The molecule has 20 heavy (non-hydrogen) atoms. The van der Waals surface area contributed by atoms with Crippen molar-refractivity contribution >= 4 is 15.8 Å². The van der Waals surface area contributed by atoms with Crippen LogP contribution in [-0.4, -0.2) is 35.1 Å². The third-order valence-corrected chi connectivity index (χ3v) is 5.75. The van der Waals surface area contributed by atoms with Crippen LogP contribution in [0.2, 0.25) is 0 Å². The normalized spacial score (nSPS) is 20.9. The topological polar surface area (TPSA) is 81.2 Å². The van der Waals surface area contributed by atoms with E-state index < -0.39 is 10.0 Å². The van der Waals surface area contributed by atoms with Crippen molar-refractivity contribution in [3.63, 3.8) is 0 Å². The van der Waals surface area contributed by atoms with Crippen LogP contribution in [0.25, 0.3) is 0 Å². The Labute approximate surface area is 121 Å². The molecule has 0 bridgehead atoms. The van der Waals surface area contributed by atoms with Crippen molar-refractivity contribution in [2.75, 3.05) is 12.3 Å². The van der Waals surface area contributed by atoms with Crippen LogP contribution < -0.4 is 5.73 Å². The van der Waals surface area contributed by atoms with E-state index in [0.717, 1.165) is 19.3 Å². The molecule has 1 aromatic rings. The van der Waals surface area contributed by atoms with E-state index in [4.69, 9.17) is 5.73 Å². The Morgan fingerprint density at radius 2 is 2.20 bits per heavy atom. The van der Waals surface area contributed by atoms with E-state index in [2.05, 4.69) is 18.9 Å². The van der Waals surface area contributed by atoms with Crippen LogP contribution in [0, 0.1) is 5.92 Å². The quantitative estimate of drug-likeness (QED) is 0.897. The Balaban J connectivity index is 2.35. The molecule has 6 nitrogen and oxygen atoms in total. The van der Waals surface area contributed by atoms with Gasteiger partial charge in [0.1, 0.15) is 4.90 Å². The van der Waals surface area contributed by atoms with Gasteiger partial charge in [0.05, 0.1) is 0 Å². The number of anilines is 1. The second-order valence-electron chi connectivity index (χ2n) is 5.71. The molecule has 1 aromatic heterocycles.